The molecule has 0 amide bonds. The molecule has 1 saturated carbocycles. The van der Waals surface area contributed by atoms with E-state index in [1.807, 2.05) is 0 Å². The molecule has 0 saturated heterocycles. The fourth-order valence-corrected chi connectivity index (χ4v) is 2.97. The Morgan fingerprint density at radius 2 is 2.11 bits per heavy atom. The quantitative estimate of drug-likeness (QED) is 0.628. The van der Waals surface area contributed by atoms with Crippen LogP contribution in [0.15, 0.2) is 18.2 Å². The number of hydrogen-bond acceptors (Lipinski definition) is 2. The SMILES string of the molecule is NNC(CCC1CCCC1)c1ccc(Cl)cc1F. The Hall–Kier alpha value is -0.640. The van der Waals surface area contributed by atoms with E-state index in [0.29, 0.717) is 10.6 Å². The minimum Gasteiger partial charge on any atom is -0.271 e. The van der Waals surface area contributed by atoms with Crippen molar-refractivity contribution in [1.82, 2.24) is 5.43 Å². The summed E-state index contributed by atoms with van der Waals surface area (Å²) < 4.78 is 13.8. The smallest absolute Gasteiger partial charge is 0.129 e. The lowest BCUT2D eigenvalue weighted by molar-refractivity contribution is 0.407. The van der Waals surface area contributed by atoms with Gasteiger partial charge in [-0.15, -0.1) is 0 Å². The highest BCUT2D eigenvalue weighted by Crippen LogP contribution is 2.32. The fraction of sp³-hybridized carbons (Fsp3) is 0.571. The van der Waals surface area contributed by atoms with Crippen molar-refractivity contribution in [2.45, 2.75) is 44.6 Å². The highest BCUT2D eigenvalue weighted by atomic mass is 35.5. The van der Waals surface area contributed by atoms with Crippen LogP contribution in [0, 0.1) is 11.7 Å². The second kappa shape index (κ2) is 6.50. The molecule has 2 rings (SSSR count). The zero-order valence-corrected chi connectivity index (χ0v) is 11.2. The minimum absolute atomic E-state index is 0.122. The Labute approximate surface area is 113 Å². The zero-order chi connectivity index (χ0) is 13.0. The third kappa shape index (κ3) is 3.44. The Balaban J connectivity index is 1.98. The lowest BCUT2D eigenvalue weighted by atomic mass is 9.95. The van der Waals surface area contributed by atoms with Crippen LogP contribution in [-0.4, -0.2) is 0 Å². The van der Waals surface area contributed by atoms with Crippen molar-refractivity contribution in [2.75, 3.05) is 0 Å². The van der Waals surface area contributed by atoms with Crippen molar-refractivity contribution < 1.29 is 4.39 Å². The van der Waals surface area contributed by atoms with Gasteiger partial charge in [-0.25, -0.2) is 4.39 Å². The molecule has 1 fully saturated rings. The fourth-order valence-electron chi connectivity index (χ4n) is 2.81. The van der Waals surface area contributed by atoms with E-state index < -0.39 is 0 Å². The van der Waals surface area contributed by atoms with Crippen LogP contribution in [-0.2, 0) is 0 Å². The molecule has 3 N–H and O–H groups in total. The highest BCUT2D eigenvalue weighted by molar-refractivity contribution is 6.30. The molecule has 0 aliphatic heterocycles. The lowest BCUT2D eigenvalue weighted by Crippen LogP contribution is -2.29. The first-order valence-corrected chi connectivity index (χ1v) is 6.99. The zero-order valence-electron chi connectivity index (χ0n) is 10.5. The van der Waals surface area contributed by atoms with Gasteiger partial charge in [0.15, 0.2) is 0 Å². The van der Waals surface area contributed by atoms with Gasteiger partial charge in [0.2, 0.25) is 0 Å². The van der Waals surface area contributed by atoms with Crippen LogP contribution in [0.4, 0.5) is 4.39 Å². The molecule has 18 heavy (non-hydrogen) atoms. The first kappa shape index (κ1) is 13.8. The molecule has 0 aromatic heterocycles. The van der Waals surface area contributed by atoms with Crippen LogP contribution in [0.5, 0.6) is 0 Å². The molecule has 1 aromatic rings. The summed E-state index contributed by atoms with van der Waals surface area (Å²) in [6.07, 6.45) is 7.26. The Bertz CT molecular complexity index is 391. The Morgan fingerprint density at radius 1 is 1.39 bits per heavy atom. The Morgan fingerprint density at radius 3 is 2.72 bits per heavy atom. The molecule has 1 aromatic carbocycles. The normalized spacial score (nSPS) is 18.2. The van der Waals surface area contributed by atoms with Gasteiger partial charge in [-0.3, -0.25) is 11.3 Å². The summed E-state index contributed by atoms with van der Waals surface area (Å²) in [6.45, 7) is 0. The van der Waals surface area contributed by atoms with Crippen LogP contribution in [0.25, 0.3) is 0 Å². The van der Waals surface area contributed by atoms with E-state index in [9.17, 15) is 4.39 Å². The molecule has 0 heterocycles. The number of rotatable bonds is 5. The van der Waals surface area contributed by atoms with Crippen molar-refractivity contribution in [2.24, 2.45) is 11.8 Å². The maximum absolute atomic E-state index is 13.8. The monoisotopic (exact) mass is 270 g/mol. The van der Waals surface area contributed by atoms with E-state index in [1.165, 1.54) is 31.7 Å². The molecule has 0 bridgehead atoms. The molecule has 1 aliphatic carbocycles. The summed E-state index contributed by atoms with van der Waals surface area (Å²) in [7, 11) is 0. The molecule has 1 atom stereocenters. The predicted octanol–water partition coefficient (Wildman–Crippen LogP) is 3.95. The summed E-state index contributed by atoms with van der Waals surface area (Å²) in [5.41, 5.74) is 3.33. The largest absolute Gasteiger partial charge is 0.271 e. The van der Waals surface area contributed by atoms with Crippen molar-refractivity contribution in [3.63, 3.8) is 0 Å². The highest BCUT2D eigenvalue weighted by Gasteiger charge is 2.19. The van der Waals surface area contributed by atoms with Crippen LogP contribution in [0.3, 0.4) is 0 Å². The summed E-state index contributed by atoms with van der Waals surface area (Å²) in [5, 5.41) is 0.419. The van der Waals surface area contributed by atoms with Crippen molar-refractivity contribution in [1.29, 1.82) is 0 Å². The van der Waals surface area contributed by atoms with Gasteiger partial charge in [-0.1, -0.05) is 43.4 Å². The van der Waals surface area contributed by atoms with Gasteiger partial charge in [-0.05, 0) is 30.9 Å². The predicted molar refractivity (Wildman–Crippen MR) is 72.7 cm³/mol. The van der Waals surface area contributed by atoms with E-state index in [4.69, 9.17) is 17.4 Å². The van der Waals surface area contributed by atoms with Gasteiger partial charge in [0.05, 0.1) is 0 Å². The van der Waals surface area contributed by atoms with Crippen LogP contribution >= 0.6 is 11.6 Å². The van der Waals surface area contributed by atoms with E-state index >= 15 is 0 Å². The van der Waals surface area contributed by atoms with Crippen LogP contribution < -0.4 is 11.3 Å². The average Bonchev–Trinajstić information content (AvgIpc) is 2.85. The van der Waals surface area contributed by atoms with Gasteiger partial charge in [-0.2, -0.15) is 0 Å². The van der Waals surface area contributed by atoms with Crippen LogP contribution in [0.2, 0.25) is 5.02 Å². The van der Waals surface area contributed by atoms with Gasteiger partial charge < -0.3 is 0 Å². The summed E-state index contributed by atoms with van der Waals surface area (Å²) in [5.74, 6) is 6.05. The number of benzene rings is 1. The van der Waals surface area contributed by atoms with Crippen molar-refractivity contribution in [3.05, 3.63) is 34.6 Å². The average molecular weight is 271 g/mol. The molecular formula is C14H20ClFN2. The van der Waals surface area contributed by atoms with Crippen molar-refractivity contribution in [3.8, 4) is 0 Å². The van der Waals surface area contributed by atoms with Gasteiger partial charge in [0.1, 0.15) is 5.82 Å². The number of nitrogens with two attached hydrogens (primary N) is 1. The molecule has 4 heteroatoms. The van der Waals surface area contributed by atoms with Gasteiger partial charge in [0.25, 0.3) is 0 Å². The van der Waals surface area contributed by atoms with Crippen molar-refractivity contribution >= 4 is 11.6 Å². The molecular weight excluding hydrogens is 251 g/mol. The molecule has 1 aliphatic rings. The van der Waals surface area contributed by atoms with E-state index in [2.05, 4.69) is 5.43 Å². The van der Waals surface area contributed by atoms with Gasteiger partial charge in [0, 0.05) is 16.6 Å². The second-order valence-corrected chi connectivity index (χ2v) is 5.55. The summed E-state index contributed by atoms with van der Waals surface area (Å²) in [6, 6.07) is 4.65. The standard InChI is InChI=1S/C14H20ClFN2/c15-11-6-7-12(13(16)9-11)14(18-17)8-5-10-3-1-2-4-10/h6-7,9-10,14,18H,1-5,8,17H2. The molecule has 1 unspecified atom stereocenters. The molecule has 2 nitrogen and oxygen atoms in total. The van der Waals surface area contributed by atoms with Gasteiger partial charge >= 0.3 is 0 Å². The van der Waals surface area contributed by atoms with E-state index in [-0.39, 0.29) is 11.9 Å². The molecule has 100 valence electrons. The minimum atomic E-state index is -0.281. The number of hydrazine groups is 1. The topological polar surface area (TPSA) is 38.0 Å². The molecule has 0 radical (unpaired) electrons. The van der Waals surface area contributed by atoms with E-state index in [1.54, 1.807) is 12.1 Å². The Kier molecular flexibility index (Phi) is 4.98. The maximum Gasteiger partial charge on any atom is 0.129 e. The number of nitrogens with one attached hydrogen (secondary N) is 1. The first-order chi connectivity index (χ1) is 8.70. The third-order valence-electron chi connectivity index (χ3n) is 3.88. The number of hydrogen-bond donors (Lipinski definition) is 2. The lowest BCUT2D eigenvalue weighted by Gasteiger charge is -2.19. The van der Waals surface area contributed by atoms with E-state index in [0.717, 1.165) is 18.8 Å². The summed E-state index contributed by atoms with van der Waals surface area (Å²) >= 11 is 5.75. The third-order valence-corrected chi connectivity index (χ3v) is 4.11. The molecule has 0 spiro atoms. The van der Waals surface area contributed by atoms with Crippen LogP contribution in [0.1, 0.15) is 50.1 Å². The summed E-state index contributed by atoms with van der Waals surface area (Å²) in [4.78, 5) is 0. The second-order valence-electron chi connectivity index (χ2n) is 5.11. The first-order valence-electron chi connectivity index (χ1n) is 6.62. The maximum atomic E-state index is 13.8. The number of halogens is 2.